The maximum Gasteiger partial charge on any atom is 0.165 e. The molecule has 0 unspecified atom stereocenters. The standard InChI is InChI=1S/C41H30N4/c1-41(2)34-18-10-9-16-33(34)37-32(17-11-19-35(37)41)27-20-22-30(23-21-27)39-43-38(29-14-7-4-8-15-29)44-40(45-39)31-24-25-36(42-26-31)28-12-5-3-6-13-28/h3-26H,1-2H3. The van der Waals surface area contributed by atoms with Gasteiger partial charge in [-0.15, -0.1) is 0 Å². The first-order valence-electron chi connectivity index (χ1n) is 15.2. The van der Waals surface area contributed by atoms with Crippen LogP contribution in [-0.4, -0.2) is 19.9 Å². The van der Waals surface area contributed by atoms with Crippen LogP contribution in [0.25, 0.3) is 67.7 Å². The highest BCUT2D eigenvalue weighted by Crippen LogP contribution is 2.51. The number of aromatic nitrogens is 4. The third kappa shape index (κ3) is 4.72. The summed E-state index contributed by atoms with van der Waals surface area (Å²) in [6.45, 7) is 4.63. The number of hydrogen-bond acceptors (Lipinski definition) is 4. The third-order valence-electron chi connectivity index (χ3n) is 8.82. The number of benzene rings is 5. The van der Waals surface area contributed by atoms with E-state index in [4.69, 9.17) is 19.9 Å². The van der Waals surface area contributed by atoms with Gasteiger partial charge in [0.2, 0.25) is 0 Å². The molecule has 0 amide bonds. The van der Waals surface area contributed by atoms with Crippen LogP contribution in [0.15, 0.2) is 146 Å². The van der Waals surface area contributed by atoms with Gasteiger partial charge in [0, 0.05) is 33.9 Å². The van der Waals surface area contributed by atoms with Crippen molar-refractivity contribution in [3.05, 3.63) is 157 Å². The molecule has 0 aliphatic heterocycles. The van der Waals surface area contributed by atoms with Gasteiger partial charge in [-0.25, -0.2) is 15.0 Å². The summed E-state index contributed by atoms with van der Waals surface area (Å²) in [5.74, 6) is 1.85. The van der Waals surface area contributed by atoms with Gasteiger partial charge in [-0.3, -0.25) is 4.98 Å². The van der Waals surface area contributed by atoms with Crippen molar-refractivity contribution in [1.82, 2.24) is 19.9 Å². The summed E-state index contributed by atoms with van der Waals surface area (Å²) in [6.07, 6.45) is 1.84. The van der Waals surface area contributed by atoms with Crippen molar-refractivity contribution in [3.63, 3.8) is 0 Å². The minimum absolute atomic E-state index is 0.0366. The van der Waals surface area contributed by atoms with Crippen molar-refractivity contribution < 1.29 is 0 Å². The quantitative estimate of drug-likeness (QED) is 0.204. The van der Waals surface area contributed by atoms with Crippen LogP contribution >= 0.6 is 0 Å². The summed E-state index contributed by atoms with van der Waals surface area (Å²) in [4.78, 5) is 19.5. The Morgan fingerprint density at radius 1 is 0.400 bits per heavy atom. The van der Waals surface area contributed by atoms with Gasteiger partial charge in [0.15, 0.2) is 17.5 Å². The SMILES string of the molecule is CC1(C)c2ccccc2-c2c(-c3ccc(-c4nc(-c5ccccc5)nc(-c5ccc(-c6ccccc6)nc5)n4)cc3)cccc21. The number of fused-ring (bicyclic) bond motifs is 3. The fraction of sp³-hybridized carbons (Fsp3) is 0.0732. The Hall–Kier alpha value is -5.74. The molecule has 0 atom stereocenters. The van der Waals surface area contributed by atoms with Crippen LogP contribution in [0.1, 0.15) is 25.0 Å². The average molecular weight is 579 g/mol. The van der Waals surface area contributed by atoms with Crippen molar-refractivity contribution in [1.29, 1.82) is 0 Å². The van der Waals surface area contributed by atoms with E-state index >= 15 is 0 Å². The Morgan fingerprint density at radius 2 is 0.911 bits per heavy atom. The van der Waals surface area contributed by atoms with Crippen LogP contribution in [-0.2, 0) is 5.41 Å². The molecule has 8 rings (SSSR count). The lowest BCUT2D eigenvalue weighted by Crippen LogP contribution is -2.14. The van der Waals surface area contributed by atoms with E-state index in [-0.39, 0.29) is 5.41 Å². The summed E-state index contributed by atoms with van der Waals surface area (Å²) in [7, 11) is 0. The van der Waals surface area contributed by atoms with Crippen molar-refractivity contribution in [2.75, 3.05) is 0 Å². The number of hydrogen-bond donors (Lipinski definition) is 0. The summed E-state index contributed by atoms with van der Waals surface area (Å²) < 4.78 is 0. The predicted octanol–water partition coefficient (Wildman–Crippen LogP) is 9.91. The van der Waals surface area contributed by atoms with E-state index in [0.717, 1.165) is 27.9 Å². The Labute approximate surface area is 263 Å². The molecule has 1 aliphatic rings. The van der Waals surface area contributed by atoms with Gasteiger partial charge in [-0.05, 0) is 45.5 Å². The number of rotatable bonds is 5. The highest BCUT2D eigenvalue weighted by molar-refractivity contribution is 5.92. The molecule has 0 N–H and O–H groups in total. The first-order valence-corrected chi connectivity index (χ1v) is 15.2. The molecule has 0 saturated carbocycles. The summed E-state index contributed by atoms with van der Waals surface area (Å²) in [6, 6.07) is 48.3. The van der Waals surface area contributed by atoms with Crippen LogP contribution < -0.4 is 0 Å². The fourth-order valence-corrected chi connectivity index (χ4v) is 6.45. The van der Waals surface area contributed by atoms with E-state index in [1.165, 1.54) is 33.4 Å². The number of pyridine rings is 1. The van der Waals surface area contributed by atoms with Gasteiger partial charge >= 0.3 is 0 Å². The summed E-state index contributed by atoms with van der Waals surface area (Å²) >= 11 is 0. The Kier molecular flexibility index (Phi) is 6.42. The molecule has 2 aromatic heterocycles. The van der Waals surface area contributed by atoms with Gasteiger partial charge in [-0.1, -0.05) is 141 Å². The normalized spacial score (nSPS) is 12.8. The Morgan fingerprint density at radius 3 is 1.58 bits per heavy atom. The molecule has 214 valence electrons. The van der Waals surface area contributed by atoms with Crippen LogP contribution in [0.5, 0.6) is 0 Å². The molecule has 0 fully saturated rings. The molecule has 0 radical (unpaired) electrons. The molecule has 1 aliphatic carbocycles. The van der Waals surface area contributed by atoms with Gasteiger partial charge in [0.05, 0.1) is 5.69 Å². The van der Waals surface area contributed by atoms with E-state index < -0.39 is 0 Å². The van der Waals surface area contributed by atoms with Crippen LogP contribution in [0, 0.1) is 0 Å². The highest BCUT2D eigenvalue weighted by Gasteiger charge is 2.36. The first-order chi connectivity index (χ1) is 22.1. The van der Waals surface area contributed by atoms with Gasteiger partial charge in [0.25, 0.3) is 0 Å². The minimum Gasteiger partial charge on any atom is -0.255 e. The molecular weight excluding hydrogens is 548 g/mol. The third-order valence-corrected chi connectivity index (χ3v) is 8.82. The lowest BCUT2D eigenvalue weighted by atomic mass is 9.82. The van der Waals surface area contributed by atoms with Crippen LogP contribution in [0.4, 0.5) is 0 Å². The fourth-order valence-electron chi connectivity index (χ4n) is 6.45. The van der Waals surface area contributed by atoms with E-state index in [0.29, 0.717) is 17.5 Å². The van der Waals surface area contributed by atoms with E-state index in [1.807, 2.05) is 66.9 Å². The Balaban J connectivity index is 1.20. The maximum absolute atomic E-state index is 4.95. The highest BCUT2D eigenvalue weighted by atomic mass is 15.0. The lowest BCUT2D eigenvalue weighted by Gasteiger charge is -2.21. The van der Waals surface area contributed by atoms with Crippen molar-refractivity contribution >= 4 is 0 Å². The van der Waals surface area contributed by atoms with E-state index in [2.05, 4.69) is 92.7 Å². The lowest BCUT2D eigenvalue weighted by molar-refractivity contribution is 0.660. The smallest absolute Gasteiger partial charge is 0.165 e. The number of nitrogens with zero attached hydrogens (tertiary/aromatic N) is 4. The van der Waals surface area contributed by atoms with Crippen molar-refractivity contribution in [2.45, 2.75) is 19.3 Å². The van der Waals surface area contributed by atoms with Gasteiger partial charge < -0.3 is 0 Å². The maximum atomic E-state index is 4.95. The van der Waals surface area contributed by atoms with E-state index in [9.17, 15) is 0 Å². The molecule has 0 bridgehead atoms. The molecule has 4 heteroatoms. The monoisotopic (exact) mass is 578 g/mol. The average Bonchev–Trinajstić information content (AvgIpc) is 3.35. The van der Waals surface area contributed by atoms with Crippen molar-refractivity contribution in [3.8, 4) is 67.7 Å². The predicted molar refractivity (Wildman–Crippen MR) is 182 cm³/mol. The molecule has 4 nitrogen and oxygen atoms in total. The molecular formula is C41H30N4. The van der Waals surface area contributed by atoms with Gasteiger partial charge in [-0.2, -0.15) is 0 Å². The van der Waals surface area contributed by atoms with Crippen molar-refractivity contribution in [2.24, 2.45) is 0 Å². The second-order valence-electron chi connectivity index (χ2n) is 11.9. The second-order valence-corrected chi connectivity index (χ2v) is 11.9. The molecule has 45 heavy (non-hydrogen) atoms. The largest absolute Gasteiger partial charge is 0.255 e. The van der Waals surface area contributed by atoms with Crippen LogP contribution in [0.2, 0.25) is 0 Å². The minimum atomic E-state index is -0.0366. The van der Waals surface area contributed by atoms with Gasteiger partial charge in [0.1, 0.15) is 0 Å². The zero-order valence-corrected chi connectivity index (χ0v) is 25.1. The second kappa shape index (κ2) is 10.8. The van der Waals surface area contributed by atoms with E-state index in [1.54, 1.807) is 0 Å². The molecule has 0 spiro atoms. The first kappa shape index (κ1) is 26.9. The summed E-state index contributed by atoms with van der Waals surface area (Å²) in [5.41, 5.74) is 12.4. The molecule has 2 heterocycles. The molecule has 7 aromatic rings. The molecule has 0 saturated heterocycles. The van der Waals surface area contributed by atoms with Crippen LogP contribution in [0.3, 0.4) is 0 Å². The Bertz CT molecular complexity index is 2150. The zero-order valence-electron chi connectivity index (χ0n) is 25.1. The summed E-state index contributed by atoms with van der Waals surface area (Å²) in [5, 5.41) is 0. The molecule has 5 aromatic carbocycles. The zero-order chi connectivity index (χ0) is 30.4. The topological polar surface area (TPSA) is 51.6 Å².